The summed E-state index contributed by atoms with van der Waals surface area (Å²) in [6.45, 7) is 2.98. The number of ether oxygens (including phenoxy) is 1. The molecule has 2 unspecified atom stereocenters. The average Bonchev–Trinajstić information content (AvgIpc) is 3.02. The zero-order valence-corrected chi connectivity index (χ0v) is 24.9. The van der Waals surface area contributed by atoms with Crippen molar-refractivity contribution in [2.24, 2.45) is 34.8 Å². The number of carbonyl (C=O) groups is 3. The van der Waals surface area contributed by atoms with Crippen LogP contribution in [0.2, 0.25) is 0 Å². The molecule has 3 amide bonds. The van der Waals surface area contributed by atoms with Crippen molar-refractivity contribution in [1.82, 2.24) is 10.3 Å². The van der Waals surface area contributed by atoms with Crippen molar-refractivity contribution >= 4 is 40.8 Å². The molecule has 4 saturated carbocycles. The number of fused-ring (bicyclic) bond motifs is 1. The number of carbonyl (C=O) groups excluding carboxylic acids is 3. The van der Waals surface area contributed by atoms with E-state index in [9.17, 15) is 14.4 Å². The smallest absolute Gasteiger partial charge is 0.322 e. The Balaban J connectivity index is 1.02. The normalized spacial score (nSPS) is 29.7. The standard InChI is InChI=1S/C33H42N6O4/c1-43-29(40)16-21-8-10-37(11-9-21)25-6-7-28(35-20-25)38-12-13-39(27-5-3-2-4-26(27)38)32(42)36-30-23-14-22-15-24(30)19-33(17-22,18-23)31(34)41/h2-7,20-24,30H,8-19H2,1H3,(H2,34,41)(H,36,42). The molecule has 10 nitrogen and oxygen atoms in total. The summed E-state index contributed by atoms with van der Waals surface area (Å²) in [5, 5.41) is 3.41. The number of methoxy groups -OCH3 is 1. The number of amides is 3. The Morgan fingerprint density at radius 2 is 1.70 bits per heavy atom. The van der Waals surface area contributed by atoms with Crippen LogP contribution in [0.1, 0.15) is 51.4 Å². The van der Waals surface area contributed by atoms with E-state index >= 15 is 0 Å². The Hall–Kier alpha value is -3.82. The van der Waals surface area contributed by atoms with Crippen LogP contribution in [0, 0.1) is 29.1 Å². The first-order valence-electron chi connectivity index (χ1n) is 15.9. The van der Waals surface area contributed by atoms with Gasteiger partial charge >= 0.3 is 12.0 Å². The van der Waals surface area contributed by atoms with Gasteiger partial charge < -0.3 is 25.6 Å². The number of benzene rings is 1. The van der Waals surface area contributed by atoms with Gasteiger partial charge in [0.05, 0.1) is 30.4 Å². The number of esters is 1. The zero-order valence-electron chi connectivity index (χ0n) is 24.9. The monoisotopic (exact) mass is 586 g/mol. The fourth-order valence-corrected chi connectivity index (χ4v) is 9.03. The summed E-state index contributed by atoms with van der Waals surface area (Å²) in [6, 6.07) is 12.3. The maximum Gasteiger partial charge on any atom is 0.322 e. The van der Waals surface area contributed by atoms with Gasteiger partial charge in [-0.25, -0.2) is 9.78 Å². The van der Waals surface area contributed by atoms with Crippen molar-refractivity contribution in [2.75, 3.05) is 48.0 Å². The summed E-state index contributed by atoms with van der Waals surface area (Å²) in [6.07, 6.45) is 9.03. The van der Waals surface area contributed by atoms with Gasteiger partial charge in [-0.3, -0.25) is 14.5 Å². The van der Waals surface area contributed by atoms with Gasteiger partial charge in [-0.1, -0.05) is 12.1 Å². The fourth-order valence-electron chi connectivity index (χ4n) is 9.03. The van der Waals surface area contributed by atoms with Crippen LogP contribution >= 0.6 is 0 Å². The minimum atomic E-state index is -0.362. The van der Waals surface area contributed by atoms with E-state index in [1.807, 2.05) is 29.3 Å². The summed E-state index contributed by atoms with van der Waals surface area (Å²) in [4.78, 5) is 49.0. The highest BCUT2D eigenvalue weighted by molar-refractivity contribution is 5.98. The maximum atomic E-state index is 13.8. The minimum absolute atomic E-state index is 0.0587. The van der Waals surface area contributed by atoms with E-state index in [0.29, 0.717) is 43.2 Å². The van der Waals surface area contributed by atoms with Crippen LogP contribution in [-0.4, -0.2) is 62.2 Å². The van der Waals surface area contributed by atoms with E-state index in [1.54, 1.807) is 0 Å². The third-order valence-corrected chi connectivity index (χ3v) is 11.0. The largest absolute Gasteiger partial charge is 0.469 e. The summed E-state index contributed by atoms with van der Waals surface area (Å²) in [5.41, 5.74) is 8.44. The lowest BCUT2D eigenvalue weighted by molar-refractivity contribution is -0.145. The van der Waals surface area contributed by atoms with Crippen LogP contribution in [-0.2, 0) is 14.3 Å². The van der Waals surface area contributed by atoms with Gasteiger partial charge in [-0.2, -0.15) is 0 Å². The average molecular weight is 587 g/mol. The Morgan fingerprint density at radius 1 is 0.977 bits per heavy atom. The van der Waals surface area contributed by atoms with Crippen LogP contribution in [0.15, 0.2) is 42.6 Å². The number of nitrogens with zero attached hydrogens (tertiary/aromatic N) is 4. The Morgan fingerprint density at radius 3 is 2.35 bits per heavy atom. The van der Waals surface area contributed by atoms with E-state index in [4.69, 9.17) is 15.5 Å². The summed E-state index contributed by atoms with van der Waals surface area (Å²) in [5.74, 6) is 2.14. The molecule has 3 N–H and O–H groups in total. The van der Waals surface area contributed by atoms with Crippen molar-refractivity contribution < 1.29 is 19.1 Å². The first-order valence-corrected chi connectivity index (χ1v) is 15.9. The predicted octanol–water partition coefficient (Wildman–Crippen LogP) is 4.21. The van der Waals surface area contributed by atoms with Crippen LogP contribution in [0.3, 0.4) is 0 Å². The SMILES string of the molecule is COC(=O)CC1CCN(c2ccc(N3CCN(C(=O)NC4C5CC6CC4CC(C(N)=O)(C6)C5)c4ccccc43)nc2)CC1. The molecule has 1 saturated heterocycles. The summed E-state index contributed by atoms with van der Waals surface area (Å²) < 4.78 is 4.84. The lowest BCUT2D eigenvalue weighted by atomic mass is 9.47. The van der Waals surface area contributed by atoms with E-state index in [0.717, 1.165) is 80.9 Å². The van der Waals surface area contributed by atoms with Crippen molar-refractivity contribution in [3.63, 3.8) is 0 Å². The van der Waals surface area contributed by atoms with Crippen LogP contribution in [0.25, 0.3) is 0 Å². The molecule has 6 aliphatic rings. The number of aromatic nitrogens is 1. The topological polar surface area (TPSA) is 121 Å². The first kappa shape index (κ1) is 28.0. The maximum absolute atomic E-state index is 13.8. The lowest BCUT2D eigenvalue weighted by Gasteiger charge is -2.59. The number of primary amides is 1. The van der Waals surface area contributed by atoms with Crippen LogP contribution < -0.4 is 25.8 Å². The Labute approximate surface area is 252 Å². The number of nitrogens with one attached hydrogen (secondary N) is 1. The molecule has 1 aromatic heterocycles. The van der Waals surface area contributed by atoms with Crippen LogP contribution in [0.4, 0.5) is 27.7 Å². The first-order chi connectivity index (χ1) is 20.8. The van der Waals surface area contributed by atoms with Gasteiger partial charge in [-0.15, -0.1) is 0 Å². The highest BCUT2D eigenvalue weighted by Crippen LogP contribution is 2.60. The summed E-state index contributed by atoms with van der Waals surface area (Å²) in [7, 11) is 1.45. The second-order valence-corrected chi connectivity index (χ2v) is 13.5. The molecule has 2 aliphatic heterocycles. The third-order valence-electron chi connectivity index (χ3n) is 11.0. The quantitative estimate of drug-likeness (QED) is 0.487. The minimum Gasteiger partial charge on any atom is -0.469 e. The number of nitrogens with two attached hydrogens (primary N) is 1. The number of hydrogen-bond acceptors (Lipinski definition) is 7. The van der Waals surface area contributed by atoms with Gasteiger partial charge in [0, 0.05) is 44.1 Å². The van der Waals surface area contributed by atoms with E-state index < -0.39 is 0 Å². The lowest BCUT2D eigenvalue weighted by Crippen LogP contribution is -2.63. The summed E-state index contributed by atoms with van der Waals surface area (Å²) >= 11 is 0. The van der Waals surface area contributed by atoms with Gasteiger partial charge in [0.1, 0.15) is 5.82 Å². The third kappa shape index (κ3) is 5.08. The number of hydrogen-bond donors (Lipinski definition) is 2. The number of para-hydroxylation sites is 2. The number of piperidine rings is 1. The molecule has 228 valence electrons. The number of pyridine rings is 1. The van der Waals surface area contributed by atoms with Crippen molar-refractivity contribution in [3.05, 3.63) is 42.6 Å². The molecule has 3 heterocycles. The van der Waals surface area contributed by atoms with Crippen molar-refractivity contribution in [2.45, 2.75) is 57.4 Å². The molecule has 2 atom stereocenters. The van der Waals surface area contributed by atoms with E-state index in [-0.39, 0.29) is 29.4 Å². The number of anilines is 4. The molecular weight excluding hydrogens is 544 g/mol. The van der Waals surface area contributed by atoms with E-state index in [2.05, 4.69) is 33.3 Å². The molecule has 1 aromatic carbocycles. The zero-order chi connectivity index (χ0) is 29.7. The predicted molar refractivity (Wildman–Crippen MR) is 164 cm³/mol. The van der Waals surface area contributed by atoms with Crippen molar-refractivity contribution in [3.8, 4) is 0 Å². The molecule has 2 aromatic rings. The molecule has 0 spiro atoms. The van der Waals surface area contributed by atoms with E-state index in [1.165, 1.54) is 7.11 Å². The fraction of sp³-hybridized carbons (Fsp3) is 0.576. The Kier molecular flexibility index (Phi) is 7.18. The highest BCUT2D eigenvalue weighted by atomic mass is 16.5. The second kappa shape index (κ2) is 11.0. The van der Waals surface area contributed by atoms with Gasteiger partial charge in [0.25, 0.3) is 0 Å². The molecular formula is C33H42N6O4. The molecule has 4 aliphatic carbocycles. The second-order valence-electron chi connectivity index (χ2n) is 13.5. The Bertz CT molecular complexity index is 1370. The molecule has 43 heavy (non-hydrogen) atoms. The van der Waals surface area contributed by atoms with Crippen LogP contribution in [0.5, 0.6) is 0 Å². The van der Waals surface area contributed by atoms with Gasteiger partial charge in [0.2, 0.25) is 5.91 Å². The highest BCUT2D eigenvalue weighted by Gasteiger charge is 2.58. The molecule has 0 radical (unpaired) electrons. The molecule has 4 bridgehead atoms. The number of rotatable bonds is 6. The number of urea groups is 1. The van der Waals surface area contributed by atoms with Crippen molar-refractivity contribution in [1.29, 1.82) is 0 Å². The van der Waals surface area contributed by atoms with Gasteiger partial charge in [0.15, 0.2) is 0 Å². The molecule has 8 rings (SSSR count). The van der Waals surface area contributed by atoms with Gasteiger partial charge in [-0.05, 0) is 92.9 Å². The molecule has 10 heteroatoms. The molecule has 5 fully saturated rings.